The SMILES string of the molecule is COc1cc([C@@H](C)N)ccc1OCc1ccc(Br)s1. The Kier molecular flexibility index (Phi) is 4.85. The minimum absolute atomic E-state index is 0.0174. The topological polar surface area (TPSA) is 44.5 Å². The lowest BCUT2D eigenvalue weighted by Gasteiger charge is -2.13. The van der Waals surface area contributed by atoms with Crippen LogP contribution >= 0.6 is 27.3 Å². The van der Waals surface area contributed by atoms with Crippen molar-refractivity contribution in [2.75, 3.05) is 7.11 Å². The van der Waals surface area contributed by atoms with E-state index in [1.807, 2.05) is 37.3 Å². The molecule has 1 atom stereocenters. The highest BCUT2D eigenvalue weighted by Crippen LogP contribution is 2.31. The van der Waals surface area contributed by atoms with Crippen LogP contribution in [0.3, 0.4) is 0 Å². The van der Waals surface area contributed by atoms with Crippen molar-refractivity contribution in [1.82, 2.24) is 0 Å². The molecule has 0 fully saturated rings. The van der Waals surface area contributed by atoms with Crippen LogP contribution in [0.5, 0.6) is 11.5 Å². The normalized spacial score (nSPS) is 12.2. The van der Waals surface area contributed by atoms with Crippen LogP contribution in [-0.2, 0) is 6.61 Å². The summed E-state index contributed by atoms with van der Waals surface area (Å²) in [5.41, 5.74) is 6.89. The van der Waals surface area contributed by atoms with Gasteiger partial charge in [-0.05, 0) is 52.7 Å². The maximum absolute atomic E-state index is 5.86. The van der Waals surface area contributed by atoms with Gasteiger partial charge in [0.1, 0.15) is 6.61 Å². The summed E-state index contributed by atoms with van der Waals surface area (Å²) in [6.07, 6.45) is 0. The Morgan fingerprint density at radius 3 is 2.63 bits per heavy atom. The summed E-state index contributed by atoms with van der Waals surface area (Å²) >= 11 is 5.10. The number of methoxy groups -OCH3 is 1. The molecule has 0 amide bonds. The maximum atomic E-state index is 5.86. The van der Waals surface area contributed by atoms with Gasteiger partial charge >= 0.3 is 0 Å². The number of ether oxygens (including phenoxy) is 2. The van der Waals surface area contributed by atoms with E-state index in [-0.39, 0.29) is 6.04 Å². The lowest BCUT2D eigenvalue weighted by Crippen LogP contribution is -2.05. The van der Waals surface area contributed by atoms with Gasteiger partial charge in [-0.2, -0.15) is 0 Å². The van der Waals surface area contributed by atoms with Gasteiger partial charge in [-0.3, -0.25) is 0 Å². The maximum Gasteiger partial charge on any atom is 0.161 e. The summed E-state index contributed by atoms with van der Waals surface area (Å²) in [5, 5.41) is 0. The fraction of sp³-hybridized carbons (Fsp3) is 0.286. The number of halogens is 1. The van der Waals surface area contributed by atoms with Crippen LogP contribution in [0, 0.1) is 0 Å². The minimum atomic E-state index is -0.0174. The molecule has 0 radical (unpaired) electrons. The van der Waals surface area contributed by atoms with Gasteiger partial charge in [-0.15, -0.1) is 11.3 Å². The lowest BCUT2D eigenvalue weighted by atomic mass is 10.1. The van der Waals surface area contributed by atoms with Crippen molar-refractivity contribution in [3.05, 3.63) is 44.6 Å². The van der Waals surface area contributed by atoms with Crippen LogP contribution in [0.25, 0.3) is 0 Å². The monoisotopic (exact) mass is 341 g/mol. The molecule has 2 aromatic rings. The van der Waals surface area contributed by atoms with Crippen LogP contribution in [0.4, 0.5) is 0 Å². The van der Waals surface area contributed by atoms with Crippen molar-refractivity contribution in [2.24, 2.45) is 5.73 Å². The molecule has 102 valence electrons. The van der Waals surface area contributed by atoms with Crippen LogP contribution in [0.1, 0.15) is 23.4 Å². The fourth-order valence-electron chi connectivity index (χ4n) is 1.66. The van der Waals surface area contributed by atoms with Crippen molar-refractivity contribution in [3.8, 4) is 11.5 Å². The predicted molar refractivity (Wildman–Crippen MR) is 81.9 cm³/mol. The third-order valence-corrected chi connectivity index (χ3v) is 4.31. The van der Waals surface area contributed by atoms with Crippen molar-refractivity contribution in [1.29, 1.82) is 0 Å². The van der Waals surface area contributed by atoms with Crippen molar-refractivity contribution in [2.45, 2.75) is 19.6 Å². The standard InChI is InChI=1S/C14H16BrNO2S/c1-9(16)10-3-5-12(13(7-10)17-2)18-8-11-4-6-14(15)19-11/h3-7,9H,8,16H2,1-2H3/t9-/m1/s1. The third kappa shape index (κ3) is 3.72. The summed E-state index contributed by atoms with van der Waals surface area (Å²) in [6.45, 7) is 2.47. The zero-order chi connectivity index (χ0) is 13.8. The Balaban J connectivity index is 2.11. The average Bonchev–Trinajstić information content (AvgIpc) is 2.81. The Hall–Kier alpha value is -1.04. The minimum Gasteiger partial charge on any atom is -0.493 e. The zero-order valence-corrected chi connectivity index (χ0v) is 13.3. The number of nitrogens with two attached hydrogens (primary N) is 1. The molecule has 0 saturated heterocycles. The second kappa shape index (κ2) is 6.41. The summed E-state index contributed by atoms with van der Waals surface area (Å²) in [4.78, 5) is 1.16. The quantitative estimate of drug-likeness (QED) is 0.889. The molecule has 5 heteroatoms. The van der Waals surface area contributed by atoms with E-state index < -0.39 is 0 Å². The first kappa shape index (κ1) is 14.4. The van der Waals surface area contributed by atoms with Crippen LogP contribution in [-0.4, -0.2) is 7.11 Å². The van der Waals surface area contributed by atoms with E-state index in [9.17, 15) is 0 Å². The molecule has 0 aliphatic heterocycles. The number of hydrogen-bond donors (Lipinski definition) is 1. The molecule has 0 bridgehead atoms. The van der Waals surface area contributed by atoms with Crippen molar-refractivity contribution >= 4 is 27.3 Å². The van der Waals surface area contributed by atoms with E-state index in [0.29, 0.717) is 12.4 Å². The second-order valence-corrected chi connectivity index (χ2v) is 6.74. The Morgan fingerprint density at radius 1 is 1.26 bits per heavy atom. The number of rotatable bonds is 5. The molecular formula is C14H16BrNO2S. The van der Waals surface area contributed by atoms with Gasteiger partial charge in [0.15, 0.2) is 11.5 Å². The summed E-state index contributed by atoms with van der Waals surface area (Å²) in [7, 11) is 1.63. The van der Waals surface area contributed by atoms with Crippen LogP contribution in [0.15, 0.2) is 34.1 Å². The Morgan fingerprint density at radius 2 is 2.05 bits per heavy atom. The predicted octanol–water partition coefficient (Wildman–Crippen LogP) is 4.12. The summed E-state index contributed by atoms with van der Waals surface area (Å²) in [5.74, 6) is 1.45. The molecule has 3 nitrogen and oxygen atoms in total. The van der Waals surface area contributed by atoms with Crippen LogP contribution in [0.2, 0.25) is 0 Å². The van der Waals surface area contributed by atoms with E-state index in [0.717, 1.165) is 20.0 Å². The number of hydrogen-bond acceptors (Lipinski definition) is 4. The van der Waals surface area contributed by atoms with E-state index in [4.69, 9.17) is 15.2 Å². The van der Waals surface area contributed by atoms with Gasteiger partial charge < -0.3 is 15.2 Å². The van der Waals surface area contributed by atoms with Crippen molar-refractivity contribution < 1.29 is 9.47 Å². The highest BCUT2D eigenvalue weighted by atomic mass is 79.9. The first-order valence-electron chi connectivity index (χ1n) is 5.90. The highest BCUT2D eigenvalue weighted by molar-refractivity contribution is 9.11. The molecule has 2 rings (SSSR count). The van der Waals surface area contributed by atoms with Gasteiger partial charge in [-0.25, -0.2) is 0 Å². The van der Waals surface area contributed by atoms with Gasteiger partial charge in [0.05, 0.1) is 10.9 Å². The van der Waals surface area contributed by atoms with Gasteiger partial charge in [0, 0.05) is 10.9 Å². The van der Waals surface area contributed by atoms with Crippen molar-refractivity contribution in [3.63, 3.8) is 0 Å². The Bertz CT molecular complexity index is 554. The van der Waals surface area contributed by atoms with Gasteiger partial charge in [0.25, 0.3) is 0 Å². The molecule has 0 aliphatic rings. The van der Waals surface area contributed by atoms with E-state index in [1.54, 1.807) is 18.4 Å². The summed E-state index contributed by atoms with van der Waals surface area (Å²) in [6, 6.07) is 9.82. The first-order valence-corrected chi connectivity index (χ1v) is 7.51. The molecule has 19 heavy (non-hydrogen) atoms. The summed E-state index contributed by atoms with van der Waals surface area (Å²) < 4.78 is 12.2. The first-order chi connectivity index (χ1) is 9.10. The second-order valence-electron chi connectivity index (χ2n) is 4.19. The average molecular weight is 342 g/mol. The molecule has 2 N–H and O–H groups in total. The largest absolute Gasteiger partial charge is 0.493 e. The molecule has 0 aliphatic carbocycles. The molecule has 1 heterocycles. The number of benzene rings is 1. The highest BCUT2D eigenvalue weighted by Gasteiger charge is 2.09. The molecule has 0 spiro atoms. The molecular weight excluding hydrogens is 326 g/mol. The van der Waals surface area contributed by atoms with E-state index >= 15 is 0 Å². The Labute approximate surface area is 125 Å². The zero-order valence-electron chi connectivity index (χ0n) is 10.9. The van der Waals surface area contributed by atoms with Gasteiger partial charge in [0.2, 0.25) is 0 Å². The molecule has 1 aromatic heterocycles. The third-order valence-electron chi connectivity index (χ3n) is 2.71. The van der Waals surface area contributed by atoms with E-state index in [1.165, 1.54) is 0 Å². The smallest absolute Gasteiger partial charge is 0.161 e. The molecule has 0 unspecified atom stereocenters. The molecule has 1 aromatic carbocycles. The number of thiophene rings is 1. The van der Waals surface area contributed by atoms with Crippen LogP contribution < -0.4 is 15.2 Å². The van der Waals surface area contributed by atoms with Gasteiger partial charge in [-0.1, -0.05) is 6.07 Å². The lowest BCUT2D eigenvalue weighted by molar-refractivity contribution is 0.287. The van der Waals surface area contributed by atoms with E-state index in [2.05, 4.69) is 15.9 Å². The fourth-order valence-corrected chi connectivity index (χ4v) is 3.06. The molecule has 0 saturated carbocycles.